The van der Waals surface area contributed by atoms with Gasteiger partial charge >= 0.3 is 0 Å². The number of benzene rings is 1. The maximum absolute atomic E-state index is 13.0. The smallest absolute Gasteiger partial charge is 0.242 e. The van der Waals surface area contributed by atoms with Gasteiger partial charge in [0, 0.05) is 20.3 Å². The maximum atomic E-state index is 13.0. The topological polar surface area (TPSA) is 81.4 Å². The Morgan fingerprint density at radius 2 is 2.05 bits per heavy atom. The van der Waals surface area contributed by atoms with Gasteiger partial charge in [-0.15, -0.1) is 0 Å². The number of halogens is 1. The first kappa shape index (κ1) is 15.9. The van der Waals surface area contributed by atoms with Crippen molar-refractivity contribution < 1.29 is 17.5 Å². The molecular weight excluding hydrogens is 271 g/mol. The minimum atomic E-state index is -3.75. The number of hydrogen-bond donors (Lipinski definition) is 2. The minimum absolute atomic E-state index is 0.0354. The normalized spacial score (nSPS) is 11.7. The molecule has 1 aromatic rings. The molecule has 0 unspecified atom stereocenters. The Morgan fingerprint density at radius 3 is 2.74 bits per heavy atom. The number of nitrogens with two attached hydrogens (primary N) is 1. The molecule has 0 heterocycles. The Hall–Kier alpha value is -1.18. The lowest BCUT2D eigenvalue weighted by atomic mass is 10.2. The van der Waals surface area contributed by atoms with Crippen LogP contribution in [0.4, 0.5) is 10.1 Å². The molecule has 3 N–H and O–H groups in total. The number of nitrogen functional groups attached to an aromatic ring is 1. The lowest BCUT2D eigenvalue weighted by Gasteiger charge is -2.09. The molecule has 1 aromatic carbocycles. The van der Waals surface area contributed by atoms with Crippen LogP contribution in [-0.2, 0) is 14.8 Å². The van der Waals surface area contributed by atoms with Gasteiger partial charge in [-0.1, -0.05) is 0 Å². The Bertz CT molecular complexity index is 506. The molecular formula is C12H19FN2O3S. The third kappa shape index (κ3) is 5.14. The van der Waals surface area contributed by atoms with Crippen molar-refractivity contribution in [3.63, 3.8) is 0 Å². The molecule has 0 amide bonds. The Morgan fingerprint density at radius 1 is 1.32 bits per heavy atom. The van der Waals surface area contributed by atoms with Gasteiger partial charge in [0.25, 0.3) is 0 Å². The Labute approximate surface area is 113 Å². The first-order valence-corrected chi connectivity index (χ1v) is 7.49. The molecule has 7 heteroatoms. The third-order valence-corrected chi connectivity index (χ3v) is 4.10. The maximum Gasteiger partial charge on any atom is 0.242 e. The molecule has 0 radical (unpaired) electrons. The molecule has 1 rings (SSSR count). The second kappa shape index (κ2) is 7.42. The van der Waals surface area contributed by atoms with Gasteiger partial charge in [0.1, 0.15) is 10.7 Å². The summed E-state index contributed by atoms with van der Waals surface area (Å²) < 4.78 is 44.2. The molecule has 0 atom stereocenters. The number of rotatable bonds is 8. The summed E-state index contributed by atoms with van der Waals surface area (Å²) in [7, 11) is -2.13. The molecule has 5 nitrogen and oxygen atoms in total. The van der Waals surface area contributed by atoms with Crippen LogP contribution in [0.25, 0.3) is 0 Å². The van der Waals surface area contributed by atoms with E-state index in [0.29, 0.717) is 19.6 Å². The summed E-state index contributed by atoms with van der Waals surface area (Å²) in [5, 5.41) is 0. The molecule has 0 aliphatic rings. The quantitative estimate of drug-likeness (QED) is 0.561. The van der Waals surface area contributed by atoms with E-state index in [1.807, 2.05) is 0 Å². The summed E-state index contributed by atoms with van der Waals surface area (Å²) in [6.07, 6.45) is 2.42. The van der Waals surface area contributed by atoms with Gasteiger partial charge in [0.05, 0.1) is 5.69 Å². The van der Waals surface area contributed by atoms with E-state index < -0.39 is 15.8 Å². The fourth-order valence-corrected chi connectivity index (χ4v) is 2.79. The predicted octanol–water partition coefficient (Wildman–Crippen LogP) is 1.50. The molecule has 0 aliphatic carbocycles. The summed E-state index contributed by atoms with van der Waals surface area (Å²) >= 11 is 0. The highest BCUT2D eigenvalue weighted by Crippen LogP contribution is 2.18. The van der Waals surface area contributed by atoms with Crippen molar-refractivity contribution in [3.8, 4) is 0 Å². The van der Waals surface area contributed by atoms with Crippen LogP contribution < -0.4 is 10.5 Å². The number of ether oxygens (including phenoxy) is 1. The van der Waals surface area contributed by atoms with Crippen LogP contribution in [0.15, 0.2) is 23.1 Å². The van der Waals surface area contributed by atoms with E-state index in [0.717, 1.165) is 25.0 Å². The van der Waals surface area contributed by atoms with Gasteiger partial charge in [0.15, 0.2) is 0 Å². The number of hydrogen-bond acceptors (Lipinski definition) is 4. The fraction of sp³-hybridized carbons (Fsp3) is 0.500. The standard InChI is InChI=1S/C12H19FN2O3S/c1-18-8-4-2-3-7-15-19(16,17)12-9-10(13)5-6-11(12)14/h5-6,9,15H,2-4,7-8,14H2,1H3. The van der Waals surface area contributed by atoms with Crippen molar-refractivity contribution in [2.75, 3.05) is 26.0 Å². The first-order chi connectivity index (χ1) is 8.97. The minimum Gasteiger partial charge on any atom is -0.398 e. The van der Waals surface area contributed by atoms with Crippen LogP contribution in [0.5, 0.6) is 0 Å². The van der Waals surface area contributed by atoms with E-state index >= 15 is 0 Å². The van der Waals surface area contributed by atoms with E-state index in [9.17, 15) is 12.8 Å². The van der Waals surface area contributed by atoms with Crippen molar-refractivity contribution in [2.24, 2.45) is 0 Å². The van der Waals surface area contributed by atoms with Gasteiger partial charge in [-0.2, -0.15) is 0 Å². The fourth-order valence-electron chi connectivity index (χ4n) is 1.57. The summed E-state index contributed by atoms with van der Waals surface area (Å²) in [6.45, 7) is 0.950. The zero-order valence-electron chi connectivity index (χ0n) is 10.9. The molecule has 0 spiro atoms. The molecule has 0 aliphatic heterocycles. The van der Waals surface area contributed by atoms with E-state index in [2.05, 4.69) is 4.72 Å². The number of nitrogens with one attached hydrogen (secondary N) is 1. The van der Waals surface area contributed by atoms with Crippen molar-refractivity contribution in [1.29, 1.82) is 0 Å². The lowest BCUT2D eigenvalue weighted by molar-refractivity contribution is 0.192. The summed E-state index contributed by atoms with van der Waals surface area (Å²) in [4.78, 5) is -0.218. The van der Waals surface area contributed by atoms with Gasteiger partial charge < -0.3 is 10.5 Å². The van der Waals surface area contributed by atoms with E-state index in [1.54, 1.807) is 7.11 Å². The van der Waals surface area contributed by atoms with Crippen LogP contribution in [0.1, 0.15) is 19.3 Å². The number of sulfonamides is 1. The number of unbranched alkanes of at least 4 members (excludes halogenated alkanes) is 2. The van der Waals surface area contributed by atoms with Gasteiger partial charge in [-0.3, -0.25) is 0 Å². The Balaban J connectivity index is 2.54. The van der Waals surface area contributed by atoms with E-state index in [1.165, 1.54) is 6.07 Å². The van der Waals surface area contributed by atoms with Gasteiger partial charge in [0.2, 0.25) is 10.0 Å². The third-order valence-electron chi connectivity index (χ3n) is 2.58. The van der Waals surface area contributed by atoms with Gasteiger partial charge in [-0.25, -0.2) is 17.5 Å². The highest BCUT2D eigenvalue weighted by molar-refractivity contribution is 7.89. The molecule has 108 valence electrons. The molecule has 0 fully saturated rings. The molecule has 0 aromatic heterocycles. The van der Waals surface area contributed by atoms with Crippen molar-refractivity contribution in [1.82, 2.24) is 4.72 Å². The average molecular weight is 290 g/mol. The van der Waals surface area contributed by atoms with Crippen LogP contribution in [0.2, 0.25) is 0 Å². The zero-order valence-corrected chi connectivity index (χ0v) is 11.7. The van der Waals surface area contributed by atoms with Gasteiger partial charge in [-0.05, 0) is 37.5 Å². The highest BCUT2D eigenvalue weighted by atomic mass is 32.2. The largest absolute Gasteiger partial charge is 0.398 e. The SMILES string of the molecule is COCCCCCNS(=O)(=O)c1cc(F)ccc1N. The highest BCUT2D eigenvalue weighted by Gasteiger charge is 2.17. The zero-order chi connectivity index (χ0) is 14.3. The molecule has 0 saturated heterocycles. The van der Waals surface area contributed by atoms with Crippen LogP contribution in [-0.4, -0.2) is 28.7 Å². The summed E-state index contributed by atoms with van der Waals surface area (Å²) in [5.41, 5.74) is 5.58. The van der Waals surface area contributed by atoms with Crippen LogP contribution in [0.3, 0.4) is 0 Å². The van der Waals surface area contributed by atoms with E-state index in [-0.39, 0.29) is 10.6 Å². The second-order valence-corrected chi connectivity index (χ2v) is 5.87. The second-order valence-electron chi connectivity index (χ2n) is 4.13. The van der Waals surface area contributed by atoms with Crippen molar-refractivity contribution in [2.45, 2.75) is 24.2 Å². The van der Waals surface area contributed by atoms with Crippen molar-refractivity contribution in [3.05, 3.63) is 24.0 Å². The number of methoxy groups -OCH3 is 1. The first-order valence-electron chi connectivity index (χ1n) is 6.01. The number of anilines is 1. The van der Waals surface area contributed by atoms with Crippen LogP contribution in [0, 0.1) is 5.82 Å². The molecule has 0 bridgehead atoms. The molecule has 0 saturated carbocycles. The summed E-state index contributed by atoms with van der Waals surface area (Å²) in [6, 6.07) is 3.28. The van der Waals surface area contributed by atoms with Crippen molar-refractivity contribution >= 4 is 15.7 Å². The Kier molecular flexibility index (Phi) is 6.20. The summed E-state index contributed by atoms with van der Waals surface area (Å²) in [5.74, 6) is -0.630. The van der Waals surface area contributed by atoms with Crippen LogP contribution >= 0.6 is 0 Å². The predicted molar refractivity (Wildman–Crippen MR) is 71.7 cm³/mol. The molecule has 19 heavy (non-hydrogen) atoms. The lowest BCUT2D eigenvalue weighted by Crippen LogP contribution is -2.25. The average Bonchev–Trinajstić information content (AvgIpc) is 2.36. The monoisotopic (exact) mass is 290 g/mol. The van der Waals surface area contributed by atoms with E-state index in [4.69, 9.17) is 10.5 Å².